The summed E-state index contributed by atoms with van der Waals surface area (Å²) in [6.07, 6.45) is 0. The van der Waals surface area contributed by atoms with Crippen molar-refractivity contribution in [3.05, 3.63) is 54.1 Å². The Morgan fingerprint density at radius 1 is 1.09 bits per heavy atom. The highest BCUT2D eigenvalue weighted by Crippen LogP contribution is 2.26. The predicted octanol–water partition coefficient (Wildman–Crippen LogP) is 2.97. The number of carbonyl (C=O) groups is 1. The lowest BCUT2D eigenvalue weighted by Gasteiger charge is -2.04. The van der Waals surface area contributed by atoms with Crippen molar-refractivity contribution in [2.75, 3.05) is 18.6 Å². The Bertz CT molecular complexity index is 708. The van der Waals surface area contributed by atoms with E-state index in [1.165, 1.54) is 7.11 Å². The van der Waals surface area contributed by atoms with E-state index < -0.39 is 0 Å². The number of nitrogen functional groups attached to an aromatic ring is 1. The molecule has 0 bridgehead atoms. The highest BCUT2D eigenvalue weighted by atomic mass is 32.2. The highest BCUT2D eigenvalue weighted by molar-refractivity contribution is 8.14. The number of benzene rings is 2. The number of rotatable bonds is 3. The summed E-state index contributed by atoms with van der Waals surface area (Å²) in [4.78, 5) is 15.9. The Hall–Kier alpha value is -2.27. The van der Waals surface area contributed by atoms with Gasteiger partial charge in [-0.1, -0.05) is 36.4 Å². The van der Waals surface area contributed by atoms with Crippen LogP contribution in [0.3, 0.4) is 0 Å². The fourth-order valence-corrected chi connectivity index (χ4v) is 3.30. The SMILES string of the molecule is COC(=O)[C@H]1CSC(c2ccc(-c3ccc(N)cc3)cc2)=N1. The van der Waals surface area contributed by atoms with Gasteiger partial charge in [0, 0.05) is 17.0 Å². The van der Waals surface area contributed by atoms with Crippen molar-refractivity contribution >= 4 is 28.5 Å². The minimum Gasteiger partial charge on any atom is -0.467 e. The van der Waals surface area contributed by atoms with E-state index in [-0.39, 0.29) is 12.0 Å². The Balaban J connectivity index is 1.80. The second-order valence-corrected chi connectivity index (χ2v) is 5.99. The second kappa shape index (κ2) is 6.23. The highest BCUT2D eigenvalue weighted by Gasteiger charge is 2.26. The molecule has 2 aromatic carbocycles. The van der Waals surface area contributed by atoms with E-state index >= 15 is 0 Å². The minimum atomic E-state index is -0.387. The monoisotopic (exact) mass is 312 g/mol. The lowest BCUT2D eigenvalue weighted by atomic mass is 10.0. The number of aliphatic imine (C=N–C) groups is 1. The van der Waals surface area contributed by atoms with Gasteiger partial charge in [-0.05, 0) is 23.3 Å². The molecule has 0 saturated heterocycles. The largest absolute Gasteiger partial charge is 0.467 e. The number of nitrogens with two attached hydrogens (primary N) is 1. The minimum absolute atomic E-state index is 0.277. The third kappa shape index (κ3) is 2.99. The second-order valence-electron chi connectivity index (χ2n) is 4.98. The maximum atomic E-state index is 11.5. The van der Waals surface area contributed by atoms with Gasteiger partial charge >= 0.3 is 5.97 Å². The van der Waals surface area contributed by atoms with Gasteiger partial charge in [-0.2, -0.15) is 0 Å². The van der Waals surface area contributed by atoms with Gasteiger partial charge in [-0.3, -0.25) is 4.99 Å². The van der Waals surface area contributed by atoms with Crippen molar-refractivity contribution in [2.24, 2.45) is 4.99 Å². The molecule has 112 valence electrons. The molecule has 1 aliphatic heterocycles. The molecule has 2 N–H and O–H groups in total. The first-order valence-electron chi connectivity index (χ1n) is 6.92. The molecule has 2 aromatic rings. The molecular weight excluding hydrogens is 296 g/mol. The maximum Gasteiger partial charge on any atom is 0.331 e. The Morgan fingerprint density at radius 3 is 2.23 bits per heavy atom. The first kappa shape index (κ1) is 14.7. The van der Waals surface area contributed by atoms with Crippen LogP contribution < -0.4 is 5.73 Å². The molecule has 22 heavy (non-hydrogen) atoms. The summed E-state index contributed by atoms with van der Waals surface area (Å²) in [5.41, 5.74) is 9.73. The zero-order valence-corrected chi connectivity index (χ0v) is 13.0. The van der Waals surface area contributed by atoms with Crippen molar-refractivity contribution in [2.45, 2.75) is 6.04 Å². The molecule has 5 heteroatoms. The van der Waals surface area contributed by atoms with Crippen LogP contribution in [0, 0.1) is 0 Å². The van der Waals surface area contributed by atoms with Gasteiger partial charge in [0.1, 0.15) is 0 Å². The van der Waals surface area contributed by atoms with Gasteiger partial charge in [-0.25, -0.2) is 4.79 Å². The number of thioether (sulfide) groups is 1. The van der Waals surface area contributed by atoms with E-state index in [1.54, 1.807) is 11.8 Å². The quantitative estimate of drug-likeness (QED) is 0.699. The van der Waals surface area contributed by atoms with Crippen LogP contribution in [0.5, 0.6) is 0 Å². The van der Waals surface area contributed by atoms with Crippen molar-refractivity contribution in [3.63, 3.8) is 0 Å². The number of methoxy groups -OCH3 is 1. The van der Waals surface area contributed by atoms with E-state index in [2.05, 4.69) is 17.1 Å². The van der Waals surface area contributed by atoms with Gasteiger partial charge in [0.05, 0.1) is 12.2 Å². The zero-order valence-electron chi connectivity index (χ0n) is 12.2. The van der Waals surface area contributed by atoms with Crippen LogP contribution in [0.15, 0.2) is 53.5 Å². The molecule has 0 spiro atoms. The van der Waals surface area contributed by atoms with Gasteiger partial charge in [0.15, 0.2) is 6.04 Å². The molecule has 1 heterocycles. The predicted molar refractivity (Wildman–Crippen MR) is 91.1 cm³/mol. The lowest BCUT2D eigenvalue weighted by Crippen LogP contribution is -2.19. The van der Waals surface area contributed by atoms with Gasteiger partial charge in [0.2, 0.25) is 0 Å². The van der Waals surface area contributed by atoms with Crippen LogP contribution in [0.25, 0.3) is 11.1 Å². The molecule has 0 amide bonds. The molecule has 0 aliphatic carbocycles. The number of carbonyl (C=O) groups excluding carboxylic acids is 1. The number of ether oxygens (including phenoxy) is 1. The molecule has 0 unspecified atom stereocenters. The summed E-state index contributed by atoms with van der Waals surface area (Å²) in [7, 11) is 1.39. The molecule has 0 fully saturated rings. The smallest absolute Gasteiger partial charge is 0.331 e. The van der Waals surface area contributed by atoms with Crippen LogP contribution in [0.4, 0.5) is 5.69 Å². The number of nitrogens with zero attached hydrogens (tertiary/aromatic N) is 1. The fraction of sp³-hybridized carbons (Fsp3) is 0.176. The molecule has 1 atom stereocenters. The molecule has 0 radical (unpaired) electrons. The van der Waals surface area contributed by atoms with Crippen LogP contribution in [0.2, 0.25) is 0 Å². The van der Waals surface area contributed by atoms with Gasteiger partial charge in [-0.15, -0.1) is 11.8 Å². The number of hydrogen-bond acceptors (Lipinski definition) is 5. The summed E-state index contributed by atoms with van der Waals surface area (Å²) < 4.78 is 4.74. The Labute approximate surface area is 133 Å². The maximum absolute atomic E-state index is 11.5. The van der Waals surface area contributed by atoms with Crippen molar-refractivity contribution in [1.82, 2.24) is 0 Å². The number of esters is 1. The van der Waals surface area contributed by atoms with E-state index in [0.29, 0.717) is 5.75 Å². The third-order valence-electron chi connectivity index (χ3n) is 3.50. The average Bonchev–Trinajstić information content (AvgIpc) is 3.05. The molecule has 0 saturated carbocycles. The fourth-order valence-electron chi connectivity index (χ4n) is 2.27. The number of anilines is 1. The van der Waals surface area contributed by atoms with Crippen molar-refractivity contribution in [1.29, 1.82) is 0 Å². The molecular formula is C17H16N2O2S. The summed E-state index contributed by atoms with van der Waals surface area (Å²) in [5.74, 6) is 0.364. The summed E-state index contributed by atoms with van der Waals surface area (Å²) >= 11 is 1.58. The van der Waals surface area contributed by atoms with Crippen LogP contribution >= 0.6 is 11.8 Å². The first-order chi connectivity index (χ1) is 10.7. The molecule has 0 aromatic heterocycles. The number of hydrogen-bond donors (Lipinski definition) is 1. The standard InChI is InChI=1S/C17H16N2O2S/c1-21-17(20)15-10-22-16(19-15)13-4-2-11(3-5-13)12-6-8-14(18)9-7-12/h2-9,15H,10,18H2,1H3/t15-/m1/s1. The van der Waals surface area contributed by atoms with Crippen molar-refractivity contribution < 1.29 is 9.53 Å². The van der Waals surface area contributed by atoms with Gasteiger partial charge in [0.25, 0.3) is 0 Å². The van der Waals surface area contributed by atoms with E-state index in [9.17, 15) is 4.79 Å². The molecule has 1 aliphatic rings. The first-order valence-corrected chi connectivity index (χ1v) is 7.91. The van der Waals surface area contributed by atoms with Crippen LogP contribution in [-0.2, 0) is 9.53 Å². The van der Waals surface area contributed by atoms with Crippen LogP contribution in [-0.4, -0.2) is 29.9 Å². The van der Waals surface area contributed by atoms with E-state index in [0.717, 1.165) is 27.4 Å². The summed E-state index contributed by atoms with van der Waals surface area (Å²) in [6.45, 7) is 0. The Morgan fingerprint density at radius 2 is 1.64 bits per heavy atom. The normalized spacial score (nSPS) is 17.1. The molecule has 3 rings (SSSR count). The van der Waals surface area contributed by atoms with E-state index in [4.69, 9.17) is 10.5 Å². The van der Waals surface area contributed by atoms with Gasteiger partial charge < -0.3 is 10.5 Å². The third-order valence-corrected chi connectivity index (χ3v) is 4.60. The Kier molecular flexibility index (Phi) is 4.15. The van der Waals surface area contributed by atoms with Crippen molar-refractivity contribution in [3.8, 4) is 11.1 Å². The topological polar surface area (TPSA) is 64.7 Å². The summed E-state index contributed by atoms with van der Waals surface area (Å²) in [6, 6.07) is 15.5. The average molecular weight is 312 g/mol. The summed E-state index contributed by atoms with van der Waals surface area (Å²) in [5, 5.41) is 0.888. The zero-order chi connectivity index (χ0) is 15.5. The van der Waals surface area contributed by atoms with Crippen LogP contribution in [0.1, 0.15) is 5.56 Å². The van der Waals surface area contributed by atoms with E-state index in [1.807, 2.05) is 36.4 Å². The molecule has 4 nitrogen and oxygen atoms in total. The lowest BCUT2D eigenvalue weighted by molar-refractivity contribution is -0.141.